The normalized spacial score (nSPS) is 10.7. The Morgan fingerprint density at radius 1 is 0.897 bits per heavy atom. The molecule has 29 heavy (non-hydrogen) atoms. The first-order valence-electron chi connectivity index (χ1n) is 9.26. The highest BCUT2D eigenvalue weighted by Gasteiger charge is 2.08. The second-order valence-corrected chi connectivity index (χ2v) is 6.25. The zero-order valence-electron chi connectivity index (χ0n) is 15.8. The first-order chi connectivity index (χ1) is 14.2. The van der Waals surface area contributed by atoms with Gasteiger partial charge in [0.15, 0.2) is 0 Å². The van der Waals surface area contributed by atoms with Crippen LogP contribution in [0, 0.1) is 11.3 Å². The molecule has 0 aromatic heterocycles. The standard InChI is InChI=1S/C24H21N3O2/c25-17-20(24(28)26-16-15-19-7-3-1-4-8-19)18-27-21-11-13-23(14-12-21)29-22-9-5-2-6-10-22/h1-14,18,27H,15-16H2,(H,26,28)/b20-18-. The van der Waals surface area contributed by atoms with E-state index in [1.807, 2.05) is 91.0 Å². The maximum atomic E-state index is 12.2. The molecule has 0 aliphatic heterocycles. The van der Waals surface area contributed by atoms with Gasteiger partial charge in [-0.25, -0.2) is 0 Å². The molecule has 0 spiro atoms. The molecule has 0 unspecified atom stereocenters. The molecule has 0 saturated heterocycles. The number of carbonyl (C=O) groups excluding carboxylic acids is 1. The van der Waals surface area contributed by atoms with E-state index in [0.717, 1.165) is 17.0 Å². The SMILES string of the molecule is N#C/C(=C/Nc1ccc(Oc2ccccc2)cc1)C(=O)NCCc1ccccc1. The molecular weight excluding hydrogens is 362 g/mol. The molecule has 5 heteroatoms. The first-order valence-corrected chi connectivity index (χ1v) is 9.26. The molecule has 0 fully saturated rings. The molecule has 1 amide bonds. The Labute approximate surface area is 170 Å². The van der Waals surface area contributed by atoms with E-state index in [1.165, 1.54) is 6.20 Å². The number of nitriles is 1. The molecule has 0 aliphatic rings. The van der Waals surface area contributed by atoms with Crippen molar-refractivity contribution in [2.24, 2.45) is 0 Å². The Morgan fingerprint density at radius 2 is 1.52 bits per heavy atom. The minimum absolute atomic E-state index is 0.0164. The van der Waals surface area contributed by atoms with Gasteiger partial charge in [-0.05, 0) is 48.4 Å². The van der Waals surface area contributed by atoms with Crippen LogP contribution in [0.1, 0.15) is 5.56 Å². The monoisotopic (exact) mass is 383 g/mol. The van der Waals surface area contributed by atoms with E-state index in [9.17, 15) is 10.1 Å². The van der Waals surface area contributed by atoms with Crippen LogP contribution < -0.4 is 15.4 Å². The van der Waals surface area contributed by atoms with Crippen LogP contribution in [0.5, 0.6) is 11.5 Å². The molecule has 0 radical (unpaired) electrons. The van der Waals surface area contributed by atoms with Gasteiger partial charge in [0, 0.05) is 18.4 Å². The van der Waals surface area contributed by atoms with Crippen molar-refractivity contribution in [2.75, 3.05) is 11.9 Å². The third-order valence-corrected chi connectivity index (χ3v) is 4.12. The van der Waals surface area contributed by atoms with Crippen molar-refractivity contribution in [2.45, 2.75) is 6.42 Å². The highest BCUT2D eigenvalue weighted by Crippen LogP contribution is 2.22. The quantitative estimate of drug-likeness (QED) is 0.438. The summed E-state index contributed by atoms with van der Waals surface area (Å²) >= 11 is 0. The van der Waals surface area contributed by atoms with Crippen LogP contribution in [-0.2, 0) is 11.2 Å². The summed E-state index contributed by atoms with van der Waals surface area (Å²) in [6.45, 7) is 0.466. The van der Waals surface area contributed by atoms with E-state index in [1.54, 1.807) is 0 Å². The molecule has 3 aromatic rings. The van der Waals surface area contributed by atoms with Crippen molar-refractivity contribution < 1.29 is 9.53 Å². The van der Waals surface area contributed by atoms with Crippen LogP contribution >= 0.6 is 0 Å². The summed E-state index contributed by atoms with van der Waals surface area (Å²) in [6.07, 6.45) is 2.12. The van der Waals surface area contributed by atoms with Gasteiger partial charge >= 0.3 is 0 Å². The van der Waals surface area contributed by atoms with Gasteiger partial charge in [0.1, 0.15) is 23.1 Å². The predicted octanol–water partition coefficient (Wildman–Crippen LogP) is 4.66. The number of hydrogen-bond donors (Lipinski definition) is 2. The number of benzene rings is 3. The summed E-state index contributed by atoms with van der Waals surface area (Å²) in [4.78, 5) is 12.2. The maximum absolute atomic E-state index is 12.2. The molecule has 144 valence electrons. The fourth-order valence-corrected chi connectivity index (χ4v) is 2.61. The molecule has 0 atom stereocenters. The lowest BCUT2D eigenvalue weighted by Crippen LogP contribution is -2.27. The lowest BCUT2D eigenvalue weighted by molar-refractivity contribution is -0.117. The van der Waals surface area contributed by atoms with Gasteiger partial charge < -0.3 is 15.4 Å². The summed E-state index contributed by atoms with van der Waals surface area (Å²) in [5, 5.41) is 15.0. The van der Waals surface area contributed by atoms with Crippen LogP contribution in [-0.4, -0.2) is 12.5 Å². The first kappa shape index (κ1) is 19.7. The van der Waals surface area contributed by atoms with Crippen molar-refractivity contribution in [3.8, 4) is 17.6 Å². The van der Waals surface area contributed by atoms with E-state index < -0.39 is 5.91 Å². The fraction of sp³-hybridized carbons (Fsp3) is 0.0833. The van der Waals surface area contributed by atoms with E-state index in [4.69, 9.17) is 4.74 Å². The molecule has 2 N–H and O–H groups in total. The van der Waals surface area contributed by atoms with Crippen LogP contribution in [0.15, 0.2) is 96.7 Å². The summed E-state index contributed by atoms with van der Waals surface area (Å²) in [5.41, 5.74) is 1.89. The van der Waals surface area contributed by atoms with Gasteiger partial charge in [0.2, 0.25) is 0 Å². The second-order valence-electron chi connectivity index (χ2n) is 6.25. The van der Waals surface area contributed by atoms with Crippen LogP contribution in [0.4, 0.5) is 5.69 Å². The smallest absolute Gasteiger partial charge is 0.263 e. The Bertz CT molecular complexity index is 992. The lowest BCUT2D eigenvalue weighted by atomic mass is 10.1. The van der Waals surface area contributed by atoms with Gasteiger partial charge in [-0.15, -0.1) is 0 Å². The number of hydrogen-bond acceptors (Lipinski definition) is 4. The van der Waals surface area contributed by atoms with E-state index in [-0.39, 0.29) is 5.57 Å². The van der Waals surface area contributed by atoms with E-state index >= 15 is 0 Å². The number of nitrogens with one attached hydrogen (secondary N) is 2. The third kappa shape index (κ3) is 6.26. The number of rotatable bonds is 8. The summed E-state index contributed by atoms with van der Waals surface area (Å²) in [7, 11) is 0. The van der Waals surface area contributed by atoms with Crippen molar-refractivity contribution in [1.82, 2.24) is 5.32 Å². The molecule has 0 bridgehead atoms. The average molecular weight is 383 g/mol. The van der Waals surface area contributed by atoms with Gasteiger partial charge in [0.25, 0.3) is 5.91 Å². The molecule has 0 aliphatic carbocycles. The third-order valence-electron chi connectivity index (χ3n) is 4.12. The van der Waals surface area contributed by atoms with E-state index in [2.05, 4.69) is 10.6 Å². The Hall–Kier alpha value is -4.04. The fourth-order valence-electron chi connectivity index (χ4n) is 2.61. The molecule has 3 aromatic carbocycles. The van der Waals surface area contributed by atoms with Crippen molar-refractivity contribution >= 4 is 11.6 Å². The van der Waals surface area contributed by atoms with Gasteiger partial charge in [-0.1, -0.05) is 48.5 Å². The molecule has 5 nitrogen and oxygen atoms in total. The Kier molecular flexibility index (Phi) is 7.03. The number of ether oxygens (including phenoxy) is 1. The summed E-state index contributed by atoms with van der Waals surface area (Å²) in [6, 6.07) is 28.6. The number of anilines is 1. The van der Waals surface area contributed by atoms with Gasteiger partial charge in [0.05, 0.1) is 0 Å². The lowest BCUT2D eigenvalue weighted by Gasteiger charge is -2.07. The van der Waals surface area contributed by atoms with Crippen molar-refractivity contribution in [3.63, 3.8) is 0 Å². The van der Waals surface area contributed by atoms with Crippen LogP contribution in [0.2, 0.25) is 0 Å². The largest absolute Gasteiger partial charge is 0.457 e. The highest BCUT2D eigenvalue weighted by molar-refractivity contribution is 5.97. The molecular formula is C24H21N3O2. The average Bonchev–Trinajstić information content (AvgIpc) is 2.77. The van der Waals surface area contributed by atoms with Crippen molar-refractivity contribution in [3.05, 3.63) is 102 Å². The van der Waals surface area contributed by atoms with Gasteiger partial charge in [-0.3, -0.25) is 4.79 Å². The summed E-state index contributed by atoms with van der Waals surface area (Å²) < 4.78 is 5.74. The molecule has 0 heterocycles. The zero-order chi connectivity index (χ0) is 20.3. The Morgan fingerprint density at radius 3 is 2.17 bits per heavy atom. The zero-order valence-corrected chi connectivity index (χ0v) is 15.8. The second kappa shape index (κ2) is 10.3. The van der Waals surface area contributed by atoms with Crippen LogP contribution in [0.25, 0.3) is 0 Å². The van der Waals surface area contributed by atoms with Crippen molar-refractivity contribution in [1.29, 1.82) is 5.26 Å². The number of nitrogens with zero attached hydrogens (tertiary/aromatic N) is 1. The number of para-hydroxylation sites is 1. The topological polar surface area (TPSA) is 74.1 Å². The van der Waals surface area contributed by atoms with E-state index in [0.29, 0.717) is 18.7 Å². The molecule has 0 saturated carbocycles. The summed E-state index contributed by atoms with van der Waals surface area (Å²) in [5.74, 6) is 1.05. The number of amides is 1. The van der Waals surface area contributed by atoms with Gasteiger partial charge in [-0.2, -0.15) is 5.26 Å². The minimum Gasteiger partial charge on any atom is -0.457 e. The van der Waals surface area contributed by atoms with Crippen LogP contribution in [0.3, 0.4) is 0 Å². The molecule has 3 rings (SSSR count). The predicted molar refractivity (Wildman–Crippen MR) is 113 cm³/mol. The minimum atomic E-state index is -0.403. The highest BCUT2D eigenvalue weighted by atomic mass is 16.5. The number of carbonyl (C=O) groups is 1. The maximum Gasteiger partial charge on any atom is 0.263 e. The Balaban J connectivity index is 1.51.